The van der Waals surface area contributed by atoms with Crippen LogP contribution >= 0.6 is 0 Å². The van der Waals surface area contributed by atoms with Gasteiger partial charge in [-0.05, 0) is 36.8 Å². The van der Waals surface area contributed by atoms with Gasteiger partial charge < -0.3 is 5.32 Å². The summed E-state index contributed by atoms with van der Waals surface area (Å²) in [5.41, 5.74) is 0.414. The number of nitrogens with one attached hydrogen (secondary N) is 1. The maximum Gasteiger partial charge on any atom is 0.252 e. The van der Waals surface area contributed by atoms with Crippen LogP contribution in [0.4, 0.5) is 4.39 Å². The average molecular weight is 236 g/mol. The lowest BCUT2D eigenvalue weighted by Crippen LogP contribution is -2.28. The summed E-state index contributed by atoms with van der Waals surface area (Å²) in [6, 6.07) is 2.65. The van der Waals surface area contributed by atoms with Crippen molar-refractivity contribution in [2.75, 3.05) is 6.54 Å². The van der Waals surface area contributed by atoms with Crippen molar-refractivity contribution in [3.63, 3.8) is 0 Å². The van der Waals surface area contributed by atoms with Crippen molar-refractivity contribution >= 4 is 5.91 Å². The summed E-state index contributed by atoms with van der Waals surface area (Å²) in [5, 5.41) is 2.88. The van der Waals surface area contributed by atoms with Crippen LogP contribution in [-0.4, -0.2) is 17.4 Å². The molecule has 4 heteroatoms. The van der Waals surface area contributed by atoms with Crippen LogP contribution in [0.3, 0.4) is 0 Å². The number of halogens is 1. The zero-order chi connectivity index (χ0) is 12.3. The molecule has 3 nitrogen and oxygen atoms in total. The molecule has 1 N–H and O–H groups in total. The Labute approximate surface area is 100 Å². The summed E-state index contributed by atoms with van der Waals surface area (Å²) in [4.78, 5) is 15.2. The van der Waals surface area contributed by atoms with Crippen molar-refractivity contribution in [2.45, 2.75) is 26.2 Å². The molecule has 1 aromatic rings. The monoisotopic (exact) mass is 236 g/mol. The minimum absolute atomic E-state index is 0.169. The van der Waals surface area contributed by atoms with Crippen molar-refractivity contribution in [1.29, 1.82) is 0 Å². The number of rotatable bonds is 3. The Balaban J connectivity index is 1.83. The highest BCUT2D eigenvalue weighted by atomic mass is 19.1. The first-order valence-corrected chi connectivity index (χ1v) is 6.05. The summed E-state index contributed by atoms with van der Waals surface area (Å²) in [6.45, 7) is 2.95. The fraction of sp³-hybridized carbons (Fsp3) is 0.538. The first-order valence-electron chi connectivity index (χ1n) is 6.05. The molecule has 1 aromatic heterocycles. The molecule has 92 valence electrons. The second kappa shape index (κ2) is 5.25. The first-order chi connectivity index (χ1) is 8.15. The van der Waals surface area contributed by atoms with Crippen molar-refractivity contribution in [2.24, 2.45) is 11.8 Å². The fourth-order valence-corrected chi connectivity index (χ4v) is 2.36. The maximum absolute atomic E-state index is 12.6. The van der Waals surface area contributed by atoms with E-state index in [0.29, 0.717) is 18.0 Å². The van der Waals surface area contributed by atoms with Gasteiger partial charge in [0.25, 0.3) is 5.91 Å². The standard InChI is InChI=1S/C13H17FN2O/c1-9-2-3-10(6-9)7-16-13(17)11-4-5-12(14)15-8-11/h4-5,8-10H,2-3,6-7H2,1H3,(H,16,17). The average Bonchev–Trinajstić information content (AvgIpc) is 2.73. The summed E-state index contributed by atoms with van der Waals surface area (Å²) < 4.78 is 12.6. The van der Waals surface area contributed by atoms with E-state index >= 15 is 0 Å². The zero-order valence-electron chi connectivity index (χ0n) is 9.95. The molecule has 1 fully saturated rings. The number of aromatic nitrogens is 1. The van der Waals surface area contributed by atoms with Gasteiger partial charge in [-0.15, -0.1) is 0 Å². The van der Waals surface area contributed by atoms with Crippen LogP contribution in [0.25, 0.3) is 0 Å². The van der Waals surface area contributed by atoms with Crippen molar-refractivity contribution in [3.8, 4) is 0 Å². The Kier molecular flexibility index (Phi) is 3.71. The van der Waals surface area contributed by atoms with Crippen LogP contribution in [0, 0.1) is 17.8 Å². The lowest BCUT2D eigenvalue weighted by atomic mass is 10.1. The van der Waals surface area contributed by atoms with Gasteiger partial charge in [0.2, 0.25) is 5.95 Å². The number of pyridine rings is 1. The molecule has 0 aromatic carbocycles. The highest BCUT2D eigenvalue weighted by Gasteiger charge is 2.21. The second-order valence-corrected chi connectivity index (χ2v) is 4.86. The third kappa shape index (κ3) is 3.25. The van der Waals surface area contributed by atoms with Gasteiger partial charge in [-0.25, -0.2) is 4.98 Å². The van der Waals surface area contributed by atoms with E-state index in [0.717, 1.165) is 5.92 Å². The minimum Gasteiger partial charge on any atom is -0.352 e. The lowest BCUT2D eigenvalue weighted by molar-refractivity contribution is 0.0946. The van der Waals surface area contributed by atoms with E-state index in [1.165, 1.54) is 37.6 Å². The maximum atomic E-state index is 12.6. The van der Waals surface area contributed by atoms with Crippen LogP contribution in [0.1, 0.15) is 36.5 Å². The topological polar surface area (TPSA) is 42.0 Å². The van der Waals surface area contributed by atoms with Gasteiger partial charge in [-0.2, -0.15) is 4.39 Å². The molecule has 1 amide bonds. The Hall–Kier alpha value is -1.45. The molecule has 2 rings (SSSR count). The normalized spacial score (nSPS) is 23.6. The fourth-order valence-electron chi connectivity index (χ4n) is 2.36. The summed E-state index contributed by atoms with van der Waals surface area (Å²) in [7, 11) is 0. The van der Waals surface area contributed by atoms with Crippen LogP contribution in [0.5, 0.6) is 0 Å². The van der Waals surface area contributed by atoms with Gasteiger partial charge in [0.1, 0.15) is 0 Å². The van der Waals surface area contributed by atoms with Crippen LogP contribution < -0.4 is 5.32 Å². The smallest absolute Gasteiger partial charge is 0.252 e. The number of hydrogen-bond donors (Lipinski definition) is 1. The highest BCUT2D eigenvalue weighted by molar-refractivity contribution is 5.93. The predicted octanol–water partition coefficient (Wildman–Crippen LogP) is 2.39. The third-order valence-corrected chi connectivity index (χ3v) is 3.34. The molecule has 0 saturated heterocycles. The Morgan fingerprint density at radius 3 is 2.94 bits per heavy atom. The number of carbonyl (C=O) groups excluding carboxylic acids is 1. The highest BCUT2D eigenvalue weighted by Crippen LogP contribution is 2.29. The van der Waals surface area contributed by atoms with Gasteiger partial charge >= 0.3 is 0 Å². The van der Waals surface area contributed by atoms with Gasteiger partial charge in [-0.1, -0.05) is 13.3 Å². The molecule has 0 aliphatic heterocycles. The SMILES string of the molecule is CC1CCC(CNC(=O)c2ccc(F)nc2)C1. The molecule has 1 aliphatic carbocycles. The molecule has 17 heavy (non-hydrogen) atoms. The van der Waals surface area contributed by atoms with E-state index in [1.807, 2.05) is 0 Å². The second-order valence-electron chi connectivity index (χ2n) is 4.86. The van der Waals surface area contributed by atoms with Gasteiger partial charge in [-0.3, -0.25) is 4.79 Å². The van der Waals surface area contributed by atoms with E-state index in [-0.39, 0.29) is 5.91 Å². The van der Waals surface area contributed by atoms with Crippen LogP contribution in [0.2, 0.25) is 0 Å². The number of carbonyl (C=O) groups is 1. The van der Waals surface area contributed by atoms with Crippen LogP contribution in [0.15, 0.2) is 18.3 Å². The molecule has 1 aliphatic rings. The third-order valence-electron chi connectivity index (χ3n) is 3.34. The molecule has 0 spiro atoms. The molecule has 2 unspecified atom stereocenters. The molecule has 2 atom stereocenters. The van der Waals surface area contributed by atoms with Crippen molar-refractivity contribution in [3.05, 3.63) is 29.8 Å². The van der Waals surface area contributed by atoms with E-state index in [9.17, 15) is 9.18 Å². The Morgan fingerprint density at radius 2 is 2.35 bits per heavy atom. The van der Waals surface area contributed by atoms with Crippen molar-refractivity contribution in [1.82, 2.24) is 10.3 Å². The van der Waals surface area contributed by atoms with Crippen molar-refractivity contribution < 1.29 is 9.18 Å². The van der Waals surface area contributed by atoms with Gasteiger partial charge in [0, 0.05) is 12.7 Å². The number of amides is 1. The first kappa shape index (κ1) is 12.0. The molecule has 1 heterocycles. The molecule has 0 bridgehead atoms. The largest absolute Gasteiger partial charge is 0.352 e. The zero-order valence-corrected chi connectivity index (χ0v) is 9.95. The van der Waals surface area contributed by atoms with E-state index in [2.05, 4.69) is 17.2 Å². The quantitative estimate of drug-likeness (QED) is 0.819. The molecular formula is C13H17FN2O. The van der Waals surface area contributed by atoms with E-state index in [1.54, 1.807) is 0 Å². The molecule has 0 radical (unpaired) electrons. The Bertz CT molecular complexity index is 391. The lowest BCUT2D eigenvalue weighted by Gasteiger charge is -2.10. The summed E-state index contributed by atoms with van der Waals surface area (Å²) in [5.74, 6) is 0.620. The van der Waals surface area contributed by atoms with Crippen LogP contribution in [-0.2, 0) is 0 Å². The number of nitrogens with zero attached hydrogens (tertiary/aromatic N) is 1. The number of hydrogen-bond acceptors (Lipinski definition) is 2. The Morgan fingerprint density at radius 1 is 1.53 bits per heavy atom. The molecule has 1 saturated carbocycles. The van der Waals surface area contributed by atoms with Gasteiger partial charge in [0.15, 0.2) is 0 Å². The summed E-state index contributed by atoms with van der Waals surface area (Å²) in [6.07, 6.45) is 4.88. The summed E-state index contributed by atoms with van der Waals surface area (Å²) >= 11 is 0. The minimum atomic E-state index is -0.564. The molecular weight excluding hydrogens is 219 g/mol. The van der Waals surface area contributed by atoms with Gasteiger partial charge in [0.05, 0.1) is 5.56 Å². The van der Waals surface area contributed by atoms with E-state index in [4.69, 9.17) is 0 Å². The van der Waals surface area contributed by atoms with E-state index < -0.39 is 5.95 Å². The predicted molar refractivity (Wildman–Crippen MR) is 63.0 cm³/mol.